The van der Waals surface area contributed by atoms with E-state index in [1.165, 1.54) is 0 Å². The molecule has 2 aliphatic carbocycles. The average Bonchev–Trinajstić information content (AvgIpc) is 2.74. The molecule has 0 unspecified atom stereocenters. The molecule has 0 saturated heterocycles. The van der Waals surface area contributed by atoms with Gasteiger partial charge in [-0.15, -0.1) is 0 Å². The van der Waals surface area contributed by atoms with Crippen LogP contribution in [-0.4, -0.2) is 42.3 Å². The van der Waals surface area contributed by atoms with Gasteiger partial charge < -0.3 is 19.3 Å². The van der Waals surface area contributed by atoms with Gasteiger partial charge in [0.25, 0.3) is 0 Å². The number of carboxylic acids is 1. The average molecular weight is 404 g/mol. The van der Waals surface area contributed by atoms with Crippen LogP contribution in [0.5, 0.6) is 5.75 Å². The van der Waals surface area contributed by atoms with Crippen LogP contribution in [0.4, 0.5) is 0 Å². The molecule has 1 N–H and O–H groups in total. The molecule has 3 rings (SSSR count). The van der Waals surface area contributed by atoms with Gasteiger partial charge in [-0.2, -0.15) is 0 Å². The highest BCUT2D eigenvalue weighted by Gasteiger charge is 2.31. The van der Waals surface area contributed by atoms with Gasteiger partial charge in [-0.25, -0.2) is 4.79 Å². The van der Waals surface area contributed by atoms with E-state index in [2.05, 4.69) is 0 Å². The van der Waals surface area contributed by atoms with Gasteiger partial charge in [0.15, 0.2) is 0 Å². The number of aliphatic carboxylic acids is 1. The summed E-state index contributed by atoms with van der Waals surface area (Å²) in [6.45, 7) is 0. The molecule has 0 atom stereocenters. The minimum Gasteiger partial charge on any atom is -0.481 e. The lowest BCUT2D eigenvalue weighted by Crippen LogP contribution is -2.28. The number of ether oxygens (including phenoxy) is 3. The first-order valence-corrected chi connectivity index (χ1v) is 10.2. The second-order valence-corrected chi connectivity index (χ2v) is 7.87. The predicted octanol–water partition coefficient (Wildman–Crippen LogP) is 3.60. The fourth-order valence-corrected chi connectivity index (χ4v) is 4.04. The molecule has 0 radical (unpaired) electrons. The second kappa shape index (κ2) is 9.87. The number of hydrogen-bond acceptors (Lipinski definition) is 6. The Hall–Kier alpha value is -2.41. The van der Waals surface area contributed by atoms with Crippen molar-refractivity contribution in [2.45, 2.75) is 63.6 Å². The molecule has 0 heterocycles. The standard InChI is InChI=1S/C22H28O7/c1-27-17-10-12-19(13-11-17)29-22(26)16-6-8-18(9-7-16)28-21(25)15-4-2-14(3-5-15)20(23)24/h6-9,14-15,17,19H,2-5,10-13H2,1H3,(H,23,24). The van der Waals surface area contributed by atoms with E-state index >= 15 is 0 Å². The molecule has 1 aromatic rings. The number of methoxy groups -OCH3 is 1. The molecular formula is C22H28O7. The lowest BCUT2D eigenvalue weighted by atomic mass is 9.82. The summed E-state index contributed by atoms with van der Waals surface area (Å²) in [5.74, 6) is -1.81. The van der Waals surface area contributed by atoms with Crippen LogP contribution in [0.1, 0.15) is 61.7 Å². The Morgan fingerprint density at radius 2 is 1.38 bits per heavy atom. The van der Waals surface area contributed by atoms with Crippen LogP contribution >= 0.6 is 0 Å². The highest BCUT2D eigenvalue weighted by atomic mass is 16.5. The van der Waals surface area contributed by atoms with E-state index in [9.17, 15) is 14.4 Å². The van der Waals surface area contributed by atoms with E-state index in [-0.39, 0.29) is 36.0 Å². The lowest BCUT2D eigenvalue weighted by molar-refractivity contribution is -0.146. The summed E-state index contributed by atoms with van der Waals surface area (Å²) in [5.41, 5.74) is 0.417. The van der Waals surface area contributed by atoms with Gasteiger partial charge in [0.1, 0.15) is 11.9 Å². The third-order valence-corrected chi connectivity index (χ3v) is 5.95. The molecule has 1 aromatic carbocycles. The van der Waals surface area contributed by atoms with Gasteiger partial charge in [0.2, 0.25) is 0 Å². The topological polar surface area (TPSA) is 99.1 Å². The molecule has 7 heteroatoms. The van der Waals surface area contributed by atoms with E-state index in [1.54, 1.807) is 31.4 Å². The van der Waals surface area contributed by atoms with Crippen LogP contribution in [0.25, 0.3) is 0 Å². The number of benzene rings is 1. The summed E-state index contributed by atoms with van der Waals surface area (Å²) in [6.07, 6.45) is 5.55. The van der Waals surface area contributed by atoms with Crippen molar-refractivity contribution in [2.24, 2.45) is 11.8 Å². The number of rotatable bonds is 6. The van der Waals surface area contributed by atoms with Crippen molar-refractivity contribution in [2.75, 3.05) is 7.11 Å². The minimum atomic E-state index is -0.800. The van der Waals surface area contributed by atoms with Crippen molar-refractivity contribution < 1.29 is 33.7 Å². The van der Waals surface area contributed by atoms with Gasteiger partial charge in [0.05, 0.1) is 23.5 Å². The van der Waals surface area contributed by atoms with E-state index in [4.69, 9.17) is 19.3 Å². The van der Waals surface area contributed by atoms with Gasteiger partial charge in [-0.3, -0.25) is 9.59 Å². The number of hydrogen-bond donors (Lipinski definition) is 1. The quantitative estimate of drug-likeness (QED) is 0.571. The Balaban J connectivity index is 1.46. The maximum absolute atomic E-state index is 12.3. The maximum atomic E-state index is 12.3. The fourth-order valence-electron chi connectivity index (χ4n) is 4.04. The summed E-state index contributed by atoms with van der Waals surface area (Å²) in [6, 6.07) is 6.35. The van der Waals surface area contributed by atoms with Crippen LogP contribution in [-0.2, 0) is 19.1 Å². The van der Waals surface area contributed by atoms with Crippen molar-refractivity contribution in [3.63, 3.8) is 0 Å². The predicted molar refractivity (Wildman–Crippen MR) is 104 cm³/mol. The van der Waals surface area contributed by atoms with E-state index in [1.807, 2.05) is 0 Å². The third kappa shape index (κ3) is 5.79. The smallest absolute Gasteiger partial charge is 0.338 e. The highest BCUT2D eigenvalue weighted by molar-refractivity contribution is 5.89. The molecule has 29 heavy (non-hydrogen) atoms. The minimum absolute atomic E-state index is 0.0904. The number of esters is 2. The molecule has 2 saturated carbocycles. The van der Waals surface area contributed by atoms with Crippen LogP contribution < -0.4 is 4.74 Å². The number of carbonyl (C=O) groups is 3. The number of carbonyl (C=O) groups excluding carboxylic acids is 2. The highest BCUT2D eigenvalue weighted by Crippen LogP contribution is 2.30. The first kappa shape index (κ1) is 21.3. The summed E-state index contributed by atoms with van der Waals surface area (Å²) in [4.78, 5) is 35.6. The molecule has 158 valence electrons. The Kier molecular flexibility index (Phi) is 7.25. The van der Waals surface area contributed by atoms with Crippen molar-refractivity contribution in [3.05, 3.63) is 29.8 Å². The zero-order chi connectivity index (χ0) is 20.8. The summed E-state index contributed by atoms with van der Waals surface area (Å²) in [5, 5.41) is 9.04. The zero-order valence-electron chi connectivity index (χ0n) is 16.7. The van der Waals surface area contributed by atoms with Crippen LogP contribution in [0.15, 0.2) is 24.3 Å². The molecule has 0 bridgehead atoms. The van der Waals surface area contributed by atoms with Crippen LogP contribution in [0.2, 0.25) is 0 Å². The first-order valence-electron chi connectivity index (χ1n) is 10.2. The Labute approximate surface area is 170 Å². The van der Waals surface area contributed by atoms with Gasteiger partial charge in [0, 0.05) is 7.11 Å². The van der Waals surface area contributed by atoms with E-state index in [0.717, 1.165) is 25.7 Å². The van der Waals surface area contributed by atoms with Crippen molar-refractivity contribution in [1.29, 1.82) is 0 Å². The molecular weight excluding hydrogens is 376 g/mol. The van der Waals surface area contributed by atoms with Crippen LogP contribution in [0, 0.1) is 11.8 Å². The van der Waals surface area contributed by atoms with Gasteiger partial charge in [-0.05, 0) is 75.6 Å². The Morgan fingerprint density at radius 1 is 0.828 bits per heavy atom. The Bertz CT molecular complexity index is 711. The maximum Gasteiger partial charge on any atom is 0.338 e. The monoisotopic (exact) mass is 404 g/mol. The summed E-state index contributed by atoms with van der Waals surface area (Å²) < 4.78 is 16.3. The van der Waals surface area contributed by atoms with Gasteiger partial charge in [-0.1, -0.05) is 0 Å². The lowest BCUT2D eigenvalue weighted by Gasteiger charge is -2.27. The fraction of sp³-hybridized carbons (Fsp3) is 0.591. The summed E-state index contributed by atoms with van der Waals surface area (Å²) in [7, 11) is 1.70. The van der Waals surface area contributed by atoms with Crippen LogP contribution in [0.3, 0.4) is 0 Å². The second-order valence-electron chi connectivity index (χ2n) is 7.87. The molecule has 0 spiro atoms. The SMILES string of the molecule is COC1CCC(OC(=O)c2ccc(OC(=O)C3CCC(C(=O)O)CC3)cc2)CC1. The van der Waals surface area contributed by atoms with Crippen molar-refractivity contribution >= 4 is 17.9 Å². The van der Waals surface area contributed by atoms with E-state index < -0.39 is 5.97 Å². The van der Waals surface area contributed by atoms with Gasteiger partial charge >= 0.3 is 17.9 Å². The molecule has 0 aliphatic heterocycles. The van der Waals surface area contributed by atoms with E-state index in [0.29, 0.717) is 37.0 Å². The normalized spacial score (nSPS) is 27.1. The zero-order valence-corrected chi connectivity index (χ0v) is 16.7. The Morgan fingerprint density at radius 3 is 1.93 bits per heavy atom. The molecule has 0 aromatic heterocycles. The molecule has 2 fully saturated rings. The van der Waals surface area contributed by atoms with Crippen molar-refractivity contribution in [3.8, 4) is 5.75 Å². The largest absolute Gasteiger partial charge is 0.481 e. The third-order valence-electron chi connectivity index (χ3n) is 5.95. The molecule has 7 nitrogen and oxygen atoms in total. The summed E-state index contributed by atoms with van der Waals surface area (Å²) >= 11 is 0. The number of carboxylic acid groups (broad SMARTS) is 1. The molecule has 0 amide bonds. The molecule has 2 aliphatic rings. The first-order chi connectivity index (χ1) is 14.0. The van der Waals surface area contributed by atoms with Crippen molar-refractivity contribution in [1.82, 2.24) is 0 Å².